The van der Waals surface area contributed by atoms with Gasteiger partial charge in [0, 0.05) is 10.9 Å². The fraction of sp³-hybridized carbons (Fsp3) is 0.250. The van der Waals surface area contributed by atoms with Gasteiger partial charge in [0.15, 0.2) is 5.84 Å². The summed E-state index contributed by atoms with van der Waals surface area (Å²) in [6, 6.07) is 6.37. The number of oxime groups is 1. The van der Waals surface area contributed by atoms with Gasteiger partial charge in [-0.1, -0.05) is 44.9 Å². The van der Waals surface area contributed by atoms with Crippen molar-refractivity contribution in [1.82, 2.24) is 4.72 Å². The first-order valence-corrected chi connectivity index (χ1v) is 6.99. The topological polar surface area (TPSA) is 33.6 Å². The molecule has 0 saturated carbocycles. The molecular weight excluding hydrogens is 300 g/mol. The SMILES string of the molecule is Brc1cccc2c1C=C(CC1=NOSN1)CC2. The first-order chi connectivity index (χ1) is 8.33. The van der Waals surface area contributed by atoms with Crippen LogP contribution in [-0.4, -0.2) is 5.84 Å². The van der Waals surface area contributed by atoms with Crippen LogP contribution in [0, 0.1) is 0 Å². The van der Waals surface area contributed by atoms with Crippen LogP contribution >= 0.6 is 28.2 Å². The highest BCUT2D eigenvalue weighted by Gasteiger charge is 2.16. The average Bonchev–Trinajstić information content (AvgIpc) is 2.83. The van der Waals surface area contributed by atoms with Gasteiger partial charge in [-0.15, -0.1) is 0 Å². The maximum Gasteiger partial charge on any atom is 0.208 e. The van der Waals surface area contributed by atoms with Crippen molar-refractivity contribution in [3.63, 3.8) is 0 Å². The number of aryl methyl sites for hydroxylation is 1. The number of hydrogen-bond acceptors (Lipinski definition) is 4. The Balaban J connectivity index is 1.86. The Hall–Kier alpha value is -0.940. The first-order valence-electron chi connectivity index (χ1n) is 5.45. The lowest BCUT2D eigenvalue weighted by Gasteiger charge is -2.17. The zero-order valence-electron chi connectivity index (χ0n) is 9.07. The van der Waals surface area contributed by atoms with Crippen molar-refractivity contribution in [3.05, 3.63) is 39.4 Å². The molecule has 0 fully saturated rings. The molecule has 0 aromatic heterocycles. The van der Waals surface area contributed by atoms with Crippen LogP contribution in [0.15, 0.2) is 33.4 Å². The molecular formula is C12H11BrN2OS. The molecule has 1 aliphatic heterocycles. The van der Waals surface area contributed by atoms with E-state index in [-0.39, 0.29) is 0 Å². The summed E-state index contributed by atoms with van der Waals surface area (Å²) in [7, 11) is 0. The maximum atomic E-state index is 4.85. The molecule has 3 rings (SSSR count). The second kappa shape index (κ2) is 4.74. The van der Waals surface area contributed by atoms with Gasteiger partial charge < -0.3 is 0 Å². The molecule has 1 aromatic carbocycles. The van der Waals surface area contributed by atoms with Crippen LogP contribution in [0.4, 0.5) is 0 Å². The number of benzene rings is 1. The maximum absolute atomic E-state index is 4.85. The van der Waals surface area contributed by atoms with Gasteiger partial charge in [-0.3, -0.25) is 9.01 Å². The largest absolute Gasteiger partial charge is 0.297 e. The Labute approximate surface area is 113 Å². The molecule has 1 aliphatic carbocycles. The molecule has 0 unspecified atom stereocenters. The minimum absolute atomic E-state index is 0.841. The van der Waals surface area contributed by atoms with Crippen molar-refractivity contribution in [3.8, 4) is 0 Å². The molecule has 3 nitrogen and oxygen atoms in total. The van der Waals surface area contributed by atoms with E-state index < -0.39 is 0 Å². The Kier molecular flexibility index (Phi) is 3.11. The third-order valence-corrected chi connectivity index (χ3v) is 4.11. The van der Waals surface area contributed by atoms with E-state index >= 15 is 0 Å². The van der Waals surface area contributed by atoms with E-state index in [1.54, 1.807) is 0 Å². The van der Waals surface area contributed by atoms with Crippen LogP contribution < -0.4 is 4.72 Å². The summed E-state index contributed by atoms with van der Waals surface area (Å²) in [5.74, 6) is 0.900. The van der Waals surface area contributed by atoms with Crippen molar-refractivity contribution in [2.24, 2.45) is 5.16 Å². The quantitative estimate of drug-likeness (QED) is 0.668. The molecule has 1 N–H and O–H groups in total. The highest BCUT2D eigenvalue weighted by molar-refractivity contribution is 9.10. The molecule has 17 heavy (non-hydrogen) atoms. The number of amidine groups is 1. The zero-order valence-corrected chi connectivity index (χ0v) is 11.5. The third kappa shape index (κ3) is 2.35. The lowest BCUT2D eigenvalue weighted by Crippen LogP contribution is -2.13. The fourth-order valence-electron chi connectivity index (χ4n) is 2.10. The lowest BCUT2D eigenvalue weighted by atomic mass is 9.91. The number of rotatable bonds is 2. The molecule has 0 amide bonds. The predicted molar refractivity (Wildman–Crippen MR) is 74.3 cm³/mol. The van der Waals surface area contributed by atoms with Gasteiger partial charge in [-0.05, 0) is 30.0 Å². The van der Waals surface area contributed by atoms with Crippen molar-refractivity contribution in [1.29, 1.82) is 0 Å². The van der Waals surface area contributed by atoms with Crippen LogP contribution in [-0.2, 0) is 10.7 Å². The van der Waals surface area contributed by atoms with E-state index in [1.165, 1.54) is 33.4 Å². The number of halogens is 1. The van der Waals surface area contributed by atoms with Crippen LogP contribution in [0.25, 0.3) is 6.08 Å². The first kappa shape index (κ1) is 11.2. The van der Waals surface area contributed by atoms with Gasteiger partial charge >= 0.3 is 0 Å². The van der Waals surface area contributed by atoms with E-state index in [0.717, 1.165) is 25.1 Å². The van der Waals surface area contributed by atoms with Crippen LogP contribution in [0.2, 0.25) is 0 Å². The van der Waals surface area contributed by atoms with E-state index in [2.05, 4.69) is 50.1 Å². The summed E-state index contributed by atoms with van der Waals surface area (Å²) in [5.41, 5.74) is 4.11. The molecule has 0 saturated heterocycles. The molecule has 0 atom stereocenters. The Morgan fingerprint density at radius 2 is 2.35 bits per heavy atom. The molecule has 2 aliphatic rings. The molecule has 1 aromatic rings. The van der Waals surface area contributed by atoms with Crippen LogP contribution in [0.3, 0.4) is 0 Å². The number of nitrogens with zero attached hydrogens (tertiary/aromatic N) is 1. The molecule has 0 bridgehead atoms. The van der Waals surface area contributed by atoms with E-state index in [1.807, 2.05) is 0 Å². The second-order valence-corrected chi connectivity index (χ2v) is 5.46. The number of fused-ring (bicyclic) bond motifs is 1. The van der Waals surface area contributed by atoms with Crippen LogP contribution in [0.1, 0.15) is 24.0 Å². The zero-order chi connectivity index (χ0) is 11.7. The van der Waals surface area contributed by atoms with Crippen molar-refractivity contribution in [2.45, 2.75) is 19.3 Å². The lowest BCUT2D eigenvalue weighted by molar-refractivity contribution is 0.415. The average molecular weight is 311 g/mol. The minimum atomic E-state index is 0.841. The number of nitrogens with one attached hydrogen (secondary N) is 1. The van der Waals surface area contributed by atoms with Gasteiger partial charge in [0.25, 0.3) is 0 Å². The third-order valence-electron chi connectivity index (χ3n) is 2.95. The smallest absolute Gasteiger partial charge is 0.208 e. The highest BCUT2D eigenvalue weighted by atomic mass is 79.9. The molecule has 0 radical (unpaired) electrons. The van der Waals surface area contributed by atoms with Gasteiger partial charge in [0.2, 0.25) is 12.2 Å². The normalized spacial score (nSPS) is 17.7. The van der Waals surface area contributed by atoms with Gasteiger partial charge in [-0.2, -0.15) is 0 Å². The second-order valence-electron chi connectivity index (χ2n) is 4.09. The Bertz CT molecular complexity index is 513. The summed E-state index contributed by atoms with van der Waals surface area (Å²) in [6.45, 7) is 0. The van der Waals surface area contributed by atoms with E-state index in [0.29, 0.717) is 0 Å². The van der Waals surface area contributed by atoms with E-state index in [9.17, 15) is 0 Å². The summed E-state index contributed by atoms with van der Waals surface area (Å²) < 4.78 is 9.05. The minimum Gasteiger partial charge on any atom is -0.297 e. The summed E-state index contributed by atoms with van der Waals surface area (Å²) in [4.78, 5) is 0. The highest BCUT2D eigenvalue weighted by Crippen LogP contribution is 2.31. The van der Waals surface area contributed by atoms with Crippen molar-refractivity contribution >= 4 is 40.1 Å². The molecule has 1 heterocycles. The van der Waals surface area contributed by atoms with Gasteiger partial charge in [0.05, 0.1) is 0 Å². The predicted octanol–water partition coefficient (Wildman–Crippen LogP) is 3.67. The molecule has 0 spiro atoms. The monoisotopic (exact) mass is 310 g/mol. The van der Waals surface area contributed by atoms with E-state index in [4.69, 9.17) is 4.28 Å². The molecule has 5 heteroatoms. The van der Waals surface area contributed by atoms with Gasteiger partial charge in [0.1, 0.15) is 0 Å². The fourth-order valence-corrected chi connectivity index (χ4v) is 3.00. The van der Waals surface area contributed by atoms with Crippen molar-refractivity contribution in [2.75, 3.05) is 0 Å². The standard InChI is InChI=1S/C12H11BrN2OS/c13-11-3-1-2-9-5-4-8(6-10(9)11)7-12-14-16-17-15-12/h1-3,6H,4-5,7H2,(H,14,15). The summed E-state index contributed by atoms with van der Waals surface area (Å²) in [6.07, 6.45) is 5.29. The number of hydrogen-bond donors (Lipinski definition) is 1. The molecule has 88 valence electrons. The Morgan fingerprint density at radius 1 is 1.41 bits per heavy atom. The summed E-state index contributed by atoms with van der Waals surface area (Å²) >= 11 is 4.77. The Morgan fingerprint density at radius 3 is 3.18 bits per heavy atom. The van der Waals surface area contributed by atoms with Gasteiger partial charge in [-0.25, -0.2) is 0 Å². The summed E-state index contributed by atoms with van der Waals surface area (Å²) in [5, 5.41) is 3.92. The van der Waals surface area contributed by atoms with Crippen molar-refractivity contribution < 1.29 is 4.28 Å². The van der Waals surface area contributed by atoms with Crippen LogP contribution in [0.5, 0.6) is 0 Å².